The van der Waals surface area contributed by atoms with Crippen LogP contribution in [0.1, 0.15) is 18.1 Å². The number of ether oxygens (including phenoxy) is 2. The fourth-order valence-electron chi connectivity index (χ4n) is 3.64. The number of hydrogen-bond acceptors (Lipinski definition) is 5. The van der Waals surface area contributed by atoms with Crippen molar-refractivity contribution in [2.24, 2.45) is 10.4 Å². The third-order valence-corrected chi connectivity index (χ3v) is 5.40. The average Bonchev–Trinajstić information content (AvgIpc) is 3.40. The first-order chi connectivity index (χ1) is 14.1. The van der Waals surface area contributed by atoms with Gasteiger partial charge in [-0.2, -0.15) is 5.26 Å². The molecular formula is C23H20N4O2. The number of H-pyrrole nitrogens is 1. The number of pyridine rings is 1. The van der Waals surface area contributed by atoms with Crippen molar-refractivity contribution >= 4 is 22.8 Å². The molecule has 0 atom stereocenters. The maximum absolute atomic E-state index is 9.65. The standard InChI is InChI=1S/C23H20N4O2/c1-23(12-28-13-23)14-29-21-3-2-15(6-17(21)8-24)20-11-27-22-19(20)7-18(10-26-22)16-4-5-25-9-16/h2-4,6-7,9-11H,5,12-14H2,1H3,(H,26,27). The summed E-state index contributed by atoms with van der Waals surface area (Å²) >= 11 is 0. The summed E-state index contributed by atoms with van der Waals surface area (Å²) < 4.78 is 11.2. The van der Waals surface area contributed by atoms with Gasteiger partial charge in [-0.1, -0.05) is 19.1 Å². The van der Waals surface area contributed by atoms with Gasteiger partial charge in [0.1, 0.15) is 17.5 Å². The molecule has 1 fully saturated rings. The van der Waals surface area contributed by atoms with Gasteiger partial charge in [-0.25, -0.2) is 4.98 Å². The molecule has 29 heavy (non-hydrogen) atoms. The third-order valence-electron chi connectivity index (χ3n) is 5.40. The van der Waals surface area contributed by atoms with Gasteiger partial charge < -0.3 is 14.5 Å². The van der Waals surface area contributed by atoms with Crippen LogP contribution in [0.25, 0.3) is 27.7 Å². The molecule has 3 aromatic rings. The van der Waals surface area contributed by atoms with Gasteiger partial charge in [0.25, 0.3) is 0 Å². The van der Waals surface area contributed by atoms with Gasteiger partial charge >= 0.3 is 0 Å². The van der Waals surface area contributed by atoms with E-state index in [0.29, 0.717) is 37.7 Å². The van der Waals surface area contributed by atoms with E-state index < -0.39 is 0 Å². The second-order valence-electron chi connectivity index (χ2n) is 7.89. The molecule has 4 heterocycles. The lowest BCUT2D eigenvalue weighted by Gasteiger charge is -2.37. The third kappa shape index (κ3) is 3.20. The molecule has 0 amide bonds. The largest absolute Gasteiger partial charge is 0.491 e. The highest BCUT2D eigenvalue weighted by Crippen LogP contribution is 2.34. The Labute approximate surface area is 168 Å². The highest BCUT2D eigenvalue weighted by molar-refractivity contribution is 6.12. The highest BCUT2D eigenvalue weighted by Gasteiger charge is 2.34. The first-order valence-corrected chi connectivity index (χ1v) is 9.58. The van der Waals surface area contributed by atoms with E-state index >= 15 is 0 Å². The molecule has 1 N–H and O–H groups in total. The fourth-order valence-corrected chi connectivity index (χ4v) is 3.64. The molecule has 0 bridgehead atoms. The molecule has 0 aliphatic carbocycles. The maximum atomic E-state index is 9.65. The van der Waals surface area contributed by atoms with Crippen LogP contribution in [-0.2, 0) is 4.74 Å². The zero-order valence-electron chi connectivity index (χ0n) is 16.1. The van der Waals surface area contributed by atoms with Crippen molar-refractivity contribution in [3.63, 3.8) is 0 Å². The zero-order valence-corrected chi connectivity index (χ0v) is 16.1. The van der Waals surface area contributed by atoms with Crippen LogP contribution >= 0.6 is 0 Å². The van der Waals surface area contributed by atoms with Crippen LogP contribution in [0.2, 0.25) is 0 Å². The molecule has 2 aromatic heterocycles. The molecule has 6 heteroatoms. The van der Waals surface area contributed by atoms with Crippen LogP contribution in [0.5, 0.6) is 5.75 Å². The van der Waals surface area contributed by atoms with Crippen molar-refractivity contribution in [1.29, 1.82) is 5.26 Å². The lowest BCUT2D eigenvalue weighted by Crippen LogP contribution is -2.44. The number of nitrogens with zero attached hydrogens (tertiary/aromatic N) is 3. The quantitative estimate of drug-likeness (QED) is 0.721. The van der Waals surface area contributed by atoms with E-state index in [1.807, 2.05) is 36.8 Å². The second kappa shape index (κ2) is 6.87. The molecule has 1 saturated heterocycles. The minimum atomic E-state index is 0.0303. The summed E-state index contributed by atoms with van der Waals surface area (Å²) in [6.07, 6.45) is 7.75. The Morgan fingerprint density at radius 2 is 2.17 bits per heavy atom. The molecule has 2 aliphatic rings. The number of allylic oxidation sites excluding steroid dienone is 1. The number of aliphatic imine (C=N–C) groups is 1. The van der Waals surface area contributed by atoms with E-state index in [2.05, 4.69) is 40.1 Å². The molecule has 6 nitrogen and oxygen atoms in total. The first-order valence-electron chi connectivity index (χ1n) is 9.58. The Morgan fingerprint density at radius 1 is 1.28 bits per heavy atom. The number of nitriles is 1. The van der Waals surface area contributed by atoms with E-state index in [-0.39, 0.29) is 5.41 Å². The molecule has 0 saturated carbocycles. The Hall–Kier alpha value is -3.43. The number of hydrogen-bond donors (Lipinski definition) is 1. The van der Waals surface area contributed by atoms with E-state index in [1.54, 1.807) is 0 Å². The van der Waals surface area contributed by atoms with Gasteiger partial charge in [0.2, 0.25) is 0 Å². The molecular weight excluding hydrogens is 364 g/mol. The average molecular weight is 384 g/mol. The summed E-state index contributed by atoms with van der Waals surface area (Å²) in [7, 11) is 0. The SMILES string of the molecule is CC1(COc2ccc(-c3c[nH]c4ncc(C5=CCN=C5)cc34)cc2C#N)COC1. The lowest BCUT2D eigenvalue weighted by molar-refractivity contribution is -0.120. The molecule has 2 aliphatic heterocycles. The number of benzene rings is 1. The summed E-state index contributed by atoms with van der Waals surface area (Å²) in [4.78, 5) is 12.0. The Balaban J connectivity index is 1.48. The van der Waals surface area contributed by atoms with Gasteiger partial charge in [0.05, 0.1) is 31.9 Å². The number of fused-ring (bicyclic) bond motifs is 1. The topological polar surface area (TPSA) is 83.3 Å². The van der Waals surface area contributed by atoms with Gasteiger partial charge in [0, 0.05) is 40.5 Å². The number of rotatable bonds is 5. The van der Waals surface area contributed by atoms with Gasteiger partial charge in [-0.05, 0) is 29.3 Å². The van der Waals surface area contributed by atoms with Crippen molar-refractivity contribution in [2.45, 2.75) is 6.92 Å². The van der Waals surface area contributed by atoms with E-state index in [9.17, 15) is 5.26 Å². The molecule has 0 unspecified atom stereocenters. The minimum absolute atomic E-state index is 0.0303. The van der Waals surface area contributed by atoms with Gasteiger partial charge in [-0.15, -0.1) is 0 Å². The summed E-state index contributed by atoms with van der Waals surface area (Å²) in [5, 5.41) is 10.7. The highest BCUT2D eigenvalue weighted by atomic mass is 16.5. The monoisotopic (exact) mass is 384 g/mol. The number of aromatic nitrogens is 2. The Morgan fingerprint density at radius 3 is 2.90 bits per heavy atom. The van der Waals surface area contributed by atoms with E-state index in [1.165, 1.54) is 0 Å². The van der Waals surface area contributed by atoms with Gasteiger partial charge in [0.15, 0.2) is 0 Å². The van der Waals surface area contributed by atoms with Crippen molar-refractivity contribution in [1.82, 2.24) is 9.97 Å². The minimum Gasteiger partial charge on any atom is -0.491 e. The summed E-state index contributed by atoms with van der Waals surface area (Å²) in [6, 6.07) is 10.1. The van der Waals surface area contributed by atoms with Crippen LogP contribution in [-0.4, -0.2) is 42.5 Å². The number of nitrogens with one attached hydrogen (secondary N) is 1. The zero-order chi connectivity index (χ0) is 19.8. The van der Waals surface area contributed by atoms with Crippen molar-refractivity contribution in [3.05, 3.63) is 53.9 Å². The van der Waals surface area contributed by atoms with Crippen molar-refractivity contribution in [3.8, 4) is 22.9 Å². The van der Waals surface area contributed by atoms with Crippen molar-refractivity contribution in [2.75, 3.05) is 26.4 Å². The predicted molar refractivity (Wildman–Crippen MR) is 112 cm³/mol. The summed E-state index contributed by atoms with van der Waals surface area (Å²) in [5.41, 5.74) is 5.45. The summed E-state index contributed by atoms with van der Waals surface area (Å²) in [6.45, 7) is 4.76. The van der Waals surface area contributed by atoms with E-state index in [4.69, 9.17) is 9.47 Å². The lowest BCUT2D eigenvalue weighted by atomic mass is 9.90. The molecule has 1 aromatic carbocycles. The smallest absolute Gasteiger partial charge is 0.137 e. The number of aromatic amines is 1. The van der Waals surface area contributed by atoms with Crippen LogP contribution in [0.3, 0.4) is 0 Å². The molecule has 144 valence electrons. The van der Waals surface area contributed by atoms with E-state index in [0.717, 1.165) is 33.3 Å². The second-order valence-corrected chi connectivity index (χ2v) is 7.89. The Bertz CT molecular complexity index is 1200. The van der Waals surface area contributed by atoms with Crippen LogP contribution in [0.15, 0.2) is 47.7 Å². The predicted octanol–water partition coefficient (Wildman–Crippen LogP) is 3.98. The van der Waals surface area contributed by atoms with Crippen LogP contribution in [0.4, 0.5) is 0 Å². The fraction of sp³-hybridized carbons (Fsp3) is 0.261. The molecule has 0 radical (unpaired) electrons. The summed E-state index contributed by atoms with van der Waals surface area (Å²) in [5.74, 6) is 0.607. The Kier molecular flexibility index (Phi) is 4.18. The molecule has 5 rings (SSSR count). The molecule has 0 spiro atoms. The van der Waals surface area contributed by atoms with Crippen LogP contribution < -0.4 is 4.74 Å². The van der Waals surface area contributed by atoms with Gasteiger partial charge in [-0.3, -0.25) is 4.99 Å². The first kappa shape index (κ1) is 17.7. The normalized spacial score (nSPS) is 17.0. The maximum Gasteiger partial charge on any atom is 0.137 e. The van der Waals surface area contributed by atoms with Crippen molar-refractivity contribution < 1.29 is 9.47 Å². The van der Waals surface area contributed by atoms with Crippen LogP contribution in [0, 0.1) is 16.7 Å².